The predicted octanol–water partition coefficient (Wildman–Crippen LogP) is 6.16. The Kier molecular flexibility index (Phi) is 5.76. The number of hydrogen-bond donors (Lipinski definition) is 0. The Morgan fingerprint density at radius 2 is 2.00 bits per heavy atom. The fourth-order valence-electron chi connectivity index (χ4n) is 2.89. The van der Waals surface area contributed by atoms with Gasteiger partial charge in [0.05, 0.1) is 10.8 Å². The lowest BCUT2D eigenvalue weighted by molar-refractivity contribution is 0.102. The summed E-state index contributed by atoms with van der Waals surface area (Å²) < 4.78 is 7.78. The minimum absolute atomic E-state index is 0.116. The molecule has 0 saturated carbocycles. The molecule has 4 rings (SSSR count). The molecule has 4 aromatic rings. The van der Waals surface area contributed by atoms with E-state index in [1.54, 1.807) is 24.3 Å². The molecule has 5 nitrogen and oxygen atoms in total. The van der Waals surface area contributed by atoms with Gasteiger partial charge in [-0.2, -0.15) is 0 Å². The van der Waals surface area contributed by atoms with Crippen LogP contribution in [0.2, 0.25) is 10.0 Å². The zero-order chi connectivity index (χ0) is 20.4. The van der Waals surface area contributed by atoms with Crippen molar-refractivity contribution in [2.75, 3.05) is 5.75 Å². The molecule has 0 saturated heterocycles. The molecule has 0 aliphatic heterocycles. The van der Waals surface area contributed by atoms with Gasteiger partial charge in [-0.3, -0.25) is 9.36 Å². The van der Waals surface area contributed by atoms with Crippen molar-refractivity contribution < 1.29 is 9.21 Å². The molecule has 0 spiro atoms. The highest BCUT2D eigenvalue weighted by Crippen LogP contribution is 2.30. The number of carbonyl (C=O) groups excluding carboxylic acids is 1. The molecule has 0 amide bonds. The molecule has 0 radical (unpaired) electrons. The summed E-state index contributed by atoms with van der Waals surface area (Å²) >= 11 is 13.3. The lowest BCUT2D eigenvalue weighted by atomic mass is 10.1. The van der Waals surface area contributed by atoms with Gasteiger partial charge in [-0.15, -0.1) is 16.8 Å². The van der Waals surface area contributed by atoms with Crippen LogP contribution in [0.25, 0.3) is 22.6 Å². The molecule has 0 aliphatic carbocycles. The molecule has 0 aliphatic rings. The third-order valence-corrected chi connectivity index (χ3v) is 5.75. The van der Waals surface area contributed by atoms with Crippen LogP contribution in [0, 0.1) is 0 Å². The predicted molar refractivity (Wildman–Crippen MR) is 117 cm³/mol. The van der Waals surface area contributed by atoms with Gasteiger partial charge in [-0.1, -0.05) is 59.2 Å². The van der Waals surface area contributed by atoms with Gasteiger partial charge in [0.25, 0.3) is 0 Å². The number of ketones is 1. The zero-order valence-electron chi connectivity index (χ0n) is 15.1. The molecule has 0 N–H and O–H groups in total. The van der Waals surface area contributed by atoms with E-state index in [-0.39, 0.29) is 11.5 Å². The average Bonchev–Trinajstić information content (AvgIpc) is 3.30. The Morgan fingerprint density at radius 3 is 2.76 bits per heavy atom. The average molecular weight is 444 g/mol. The minimum atomic E-state index is -0.116. The van der Waals surface area contributed by atoms with E-state index in [2.05, 4.69) is 16.8 Å². The van der Waals surface area contributed by atoms with Crippen molar-refractivity contribution in [1.29, 1.82) is 0 Å². The van der Waals surface area contributed by atoms with E-state index in [1.165, 1.54) is 11.8 Å². The van der Waals surface area contributed by atoms with Crippen molar-refractivity contribution in [2.24, 2.45) is 0 Å². The summed E-state index contributed by atoms with van der Waals surface area (Å²) in [5, 5.41) is 10.9. The van der Waals surface area contributed by atoms with Crippen molar-refractivity contribution in [3.8, 4) is 11.6 Å². The van der Waals surface area contributed by atoms with E-state index in [0.29, 0.717) is 38.9 Å². The summed E-state index contributed by atoms with van der Waals surface area (Å²) in [6.07, 6.45) is 1.75. The first-order valence-corrected chi connectivity index (χ1v) is 10.4. The van der Waals surface area contributed by atoms with Gasteiger partial charge in [0.1, 0.15) is 5.58 Å². The number of Topliss-reactive ketones (excluding diaryl/α,β-unsaturated/α-hetero) is 1. The van der Waals surface area contributed by atoms with Gasteiger partial charge < -0.3 is 4.42 Å². The quantitative estimate of drug-likeness (QED) is 0.194. The summed E-state index contributed by atoms with van der Waals surface area (Å²) in [7, 11) is 0. The Morgan fingerprint density at radius 1 is 1.17 bits per heavy atom. The molecule has 29 heavy (non-hydrogen) atoms. The molecule has 2 heterocycles. The maximum Gasteiger partial charge on any atom is 0.200 e. The SMILES string of the molecule is C=CCn1c(SCC(=O)c2ccc(Cl)cc2Cl)nnc1-c1cc2ccccc2o1. The van der Waals surface area contributed by atoms with Gasteiger partial charge in [0.15, 0.2) is 16.7 Å². The molecule has 0 bridgehead atoms. The molecule has 146 valence electrons. The number of aromatic nitrogens is 3. The number of thioether (sulfide) groups is 1. The third-order valence-electron chi connectivity index (χ3n) is 4.24. The molecule has 2 aromatic carbocycles. The van der Waals surface area contributed by atoms with Gasteiger partial charge in [0.2, 0.25) is 5.82 Å². The number of nitrogens with zero attached hydrogens (tertiary/aromatic N) is 3. The van der Waals surface area contributed by atoms with Crippen LogP contribution in [0.5, 0.6) is 0 Å². The Balaban J connectivity index is 1.59. The number of furan rings is 1. The number of rotatable bonds is 7. The first-order valence-electron chi connectivity index (χ1n) is 8.71. The molecule has 0 atom stereocenters. The van der Waals surface area contributed by atoms with E-state index < -0.39 is 0 Å². The summed E-state index contributed by atoms with van der Waals surface area (Å²) in [5.41, 5.74) is 1.20. The summed E-state index contributed by atoms with van der Waals surface area (Å²) in [4.78, 5) is 12.6. The van der Waals surface area contributed by atoms with Crippen LogP contribution in [-0.2, 0) is 6.54 Å². The Labute approximate surface area is 181 Å². The lowest BCUT2D eigenvalue weighted by Crippen LogP contribution is -2.06. The van der Waals surface area contributed by atoms with Crippen LogP contribution < -0.4 is 0 Å². The van der Waals surface area contributed by atoms with E-state index in [0.717, 1.165) is 11.0 Å². The lowest BCUT2D eigenvalue weighted by Gasteiger charge is -2.07. The van der Waals surface area contributed by atoms with E-state index in [4.69, 9.17) is 27.6 Å². The van der Waals surface area contributed by atoms with Crippen LogP contribution in [-0.4, -0.2) is 26.3 Å². The largest absolute Gasteiger partial charge is 0.453 e. The highest BCUT2D eigenvalue weighted by Gasteiger charge is 2.19. The second-order valence-corrected chi connectivity index (χ2v) is 7.98. The summed E-state index contributed by atoms with van der Waals surface area (Å²) in [5.74, 6) is 1.24. The number of benzene rings is 2. The molecular weight excluding hydrogens is 429 g/mol. The highest BCUT2D eigenvalue weighted by molar-refractivity contribution is 7.99. The third kappa shape index (κ3) is 4.10. The first-order chi connectivity index (χ1) is 14.1. The second kappa shape index (κ2) is 8.45. The van der Waals surface area contributed by atoms with Crippen molar-refractivity contribution in [3.05, 3.63) is 76.8 Å². The summed E-state index contributed by atoms with van der Waals surface area (Å²) in [6, 6.07) is 14.5. The van der Waals surface area contributed by atoms with E-state index >= 15 is 0 Å². The van der Waals surface area contributed by atoms with Crippen molar-refractivity contribution in [2.45, 2.75) is 11.7 Å². The second-order valence-electron chi connectivity index (χ2n) is 6.19. The fourth-order valence-corrected chi connectivity index (χ4v) is 4.23. The van der Waals surface area contributed by atoms with Crippen LogP contribution in [0.4, 0.5) is 0 Å². The molecule has 0 fully saturated rings. The number of carbonyl (C=O) groups is 1. The molecule has 8 heteroatoms. The zero-order valence-corrected chi connectivity index (χ0v) is 17.5. The Hall–Kier alpha value is -2.54. The van der Waals surface area contributed by atoms with Gasteiger partial charge in [0, 0.05) is 22.5 Å². The summed E-state index contributed by atoms with van der Waals surface area (Å²) in [6.45, 7) is 4.29. The van der Waals surface area contributed by atoms with Crippen molar-refractivity contribution in [3.63, 3.8) is 0 Å². The van der Waals surface area contributed by atoms with Crippen molar-refractivity contribution in [1.82, 2.24) is 14.8 Å². The first kappa shape index (κ1) is 19.8. The standard InChI is InChI=1S/C21H15Cl2N3O2S/c1-2-9-26-20(19-10-13-5-3-4-6-18(13)28-19)24-25-21(26)29-12-17(27)15-8-7-14(22)11-16(15)23/h2-8,10-11H,1,9,12H2. The molecule has 2 aromatic heterocycles. The molecule has 0 unspecified atom stereocenters. The van der Waals surface area contributed by atoms with Crippen LogP contribution in [0.15, 0.2) is 70.8 Å². The van der Waals surface area contributed by atoms with Crippen molar-refractivity contribution >= 4 is 51.7 Å². The smallest absolute Gasteiger partial charge is 0.200 e. The Bertz CT molecular complexity index is 1180. The van der Waals surface area contributed by atoms with Crippen LogP contribution >= 0.6 is 35.0 Å². The molecular formula is C21H15Cl2N3O2S. The monoisotopic (exact) mass is 443 g/mol. The topological polar surface area (TPSA) is 60.9 Å². The highest BCUT2D eigenvalue weighted by atomic mass is 35.5. The number of halogens is 2. The number of allylic oxidation sites excluding steroid dienone is 1. The number of hydrogen-bond acceptors (Lipinski definition) is 5. The van der Waals surface area contributed by atoms with Crippen LogP contribution in [0.1, 0.15) is 10.4 Å². The normalized spacial score (nSPS) is 11.1. The maximum atomic E-state index is 12.6. The van der Waals surface area contributed by atoms with Gasteiger partial charge in [-0.25, -0.2) is 0 Å². The van der Waals surface area contributed by atoms with Crippen LogP contribution in [0.3, 0.4) is 0 Å². The van der Waals surface area contributed by atoms with Gasteiger partial charge >= 0.3 is 0 Å². The minimum Gasteiger partial charge on any atom is -0.453 e. The van der Waals surface area contributed by atoms with E-state index in [1.807, 2.05) is 34.9 Å². The van der Waals surface area contributed by atoms with Gasteiger partial charge in [-0.05, 0) is 30.3 Å². The maximum absolute atomic E-state index is 12.6. The fraction of sp³-hybridized carbons (Fsp3) is 0.0952. The number of fused-ring (bicyclic) bond motifs is 1. The number of para-hydroxylation sites is 1. The van der Waals surface area contributed by atoms with E-state index in [9.17, 15) is 4.79 Å².